The van der Waals surface area contributed by atoms with Crippen LogP contribution in [-0.4, -0.2) is 97.2 Å². The lowest BCUT2D eigenvalue weighted by Gasteiger charge is -2.35. The number of likely N-dealkylation sites (tertiary alicyclic amines) is 1. The third-order valence-electron chi connectivity index (χ3n) is 10.4. The number of aliphatic hydroxyl groups excluding tert-OH is 2. The summed E-state index contributed by atoms with van der Waals surface area (Å²) in [4.78, 5) is 41.9. The second-order valence-corrected chi connectivity index (χ2v) is 18.2. The molecule has 2 aromatic carbocycles. The summed E-state index contributed by atoms with van der Waals surface area (Å²) < 4.78 is 12.3. The van der Waals surface area contributed by atoms with Crippen LogP contribution in [0.2, 0.25) is 18.6 Å². The molecule has 0 bridgehead atoms. The molecule has 0 aromatic heterocycles. The van der Waals surface area contributed by atoms with Gasteiger partial charge in [0.15, 0.2) is 8.32 Å². The average Bonchev–Trinajstić information content (AvgIpc) is 3.67. The third kappa shape index (κ3) is 8.31. The molecule has 6 atom stereocenters. The van der Waals surface area contributed by atoms with Crippen LogP contribution in [0.1, 0.15) is 63.5 Å². The Balaban J connectivity index is 1.27. The number of ether oxygens (including phenoxy) is 2. The van der Waals surface area contributed by atoms with Crippen LogP contribution >= 0.6 is 0 Å². The van der Waals surface area contributed by atoms with Crippen molar-refractivity contribution in [3.05, 3.63) is 53.6 Å². The van der Waals surface area contributed by atoms with Gasteiger partial charge in [-0.3, -0.25) is 14.5 Å². The maximum absolute atomic E-state index is 13.8. The highest BCUT2D eigenvalue weighted by atomic mass is 28.4. The molecule has 0 spiro atoms. The summed E-state index contributed by atoms with van der Waals surface area (Å²) in [6.45, 7) is 9.99. The van der Waals surface area contributed by atoms with Gasteiger partial charge in [-0.05, 0) is 119 Å². The van der Waals surface area contributed by atoms with Crippen molar-refractivity contribution >= 4 is 31.5 Å². The quantitative estimate of drug-likeness (QED) is 0.162. The molecule has 3 heterocycles. The monoisotopic (exact) mass is 681 g/mol. The van der Waals surface area contributed by atoms with Gasteiger partial charge in [0.1, 0.15) is 5.75 Å². The van der Waals surface area contributed by atoms with Crippen molar-refractivity contribution in [3.8, 4) is 5.75 Å². The van der Waals surface area contributed by atoms with Crippen molar-refractivity contribution < 1.29 is 34.1 Å². The van der Waals surface area contributed by atoms with E-state index < -0.39 is 8.32 Å². The zero-order valence-electron chi connectivity index (χ0n) is 29.1. The van der Waals surface area contributed by atoms with Crippen LogP contribution in [0.3, 0.4) is 0 Å². The molecule has 2 fully saturated rings. The summed E-state index contributed by atoms with van der Waals surface area (Å²) in [7, 11) is -2.63. The Hall–Kier alpha value is -2.80. The molecule has 0 radical (unpaired) electrons. The second-order valence-electron chi connectivity index (χ2n) is 14.3. The van der Waals surface area contributed by atoms with Crippen molar-refractivity contribution in [2.75, 3.05) is 37.8 Å². The summed E-state index contributed by atoms with van der Waals surface area (Å²) in [6.07, 6.45) is 5.15. The standard InChI is InChI=1S/C37H55N3O7Si/c1-5-46-30-15-16-32-27(21-30)22-31(38-18-6-7-20-41)37(44)40(32)28-13-10-26(11-14-28)12-17-33-25(2)36(48(3,4)45)34(47-33)23-35(43)39-19-8-9-29(39)24-42/h10-11,13-16,21,25,29,31,33-34,36,38,41-42,45H,5-9,12,17-20,22-24H2,1-4H3/t25-,29-,31?,33+,34-,36+/m0/s1. The number of fused-ring (bicyclic) bond motifs is 1. The first-order chi connectivity index (χ1) is 23.0. The Morgan fingerprint density at radius 3 is 2.56 bits per heavy atom. The number of carbonyl (C=O) groups excluding carboxylic acids is 2. The van der Waals surface area contributed by atoms with Crippen LogP contribution in [0.15, 0.2) is 42.5 Å². The molecule has 48 heavy (non-hydrogen) atoms. The number of carbonyl (C=O) groups is 2. The number of hydrogen-bond donors (Lipinski definition) is 4. The highest BCUT2D eigenvalue weighted by molar-refractivity contribution is 6.71. The molecule has 11 heteroatoms. The van der Waals surface area contributed by atoms with E-state index in [9.17, 15) is 24.6 Å². The first-order valence-electron chi connectivity index (χ1n) is 17.9. The predicted molar refractivity (Wildman–Crippen MR) is 189 cm³/mol. The van der Waals surface area contributed by atoms with Gasteiger partial charge in [-0.15, -0.1) is 0 Å². The number of anilines is 2. The molecule has 3 aliphatic rings. The van der Waals surface area contributed by atoms with Crippen LogP contribution < -0.4 is 15.0 Å². The second kappa shape index (κ2) is 16.3. The number of benzene rings is 2. The highest BCUT2D eigenvalue weighted by Crippen LogP contribution is 2.46. The van der Waals surface area contributed by atoms with Crippen molar-refractivity contribution in [1.82, 2.24) is 10.2 Å². The Kier molecular flexibility index (Phi) is 12.4. The molecule has 0 saturated carbocycles. The summed E-state index contributed by atoms with van der Waals surface area (Å²) in [5.41, 5.74) is 3.79. The van der Waals surface area contributed by atoms with Gasteiger partial charge in [0.25, 0.3) is 0 Å². The van der Waals surface area contributed by atoms with Crippen molar-refractivity contribution in [3.63, 3.8) is 0 Å². The van der Waals surface area contributed by atoms with E-state index in [1.165, 1.54) is 0 Å². The summed E-state index contributed by atoms with van der Waals surface area (Å²) >= 11 is 0. The Labute approximate surface area is 286 Å². The highest BCUT2D eigenvalue weighted by Gasteiger charge is 2.50. The third-order valence-corrected chi connectivity index (χ3v) is 13.0. The minimum absolute atomic E-state index is 0.00163. The summed E-state index contributed by atoms with van der Waals surface area (Å²) in [6, 6.07) is 13.6. The number of aliphatic hydroxyl groups is 2. The van der Waals surface area contributed by atoms with Crippen LogP contribution in [0.25, 0.3) is 0 Å². The maximum Gasteiger partial charge on any atom is 0.249 e. The van der Waals surface area contributed by atoms with Crippen LogP contribution in [0.4, 0.5) is 11.4 Å². The van der Waals surface area contributed by atoms with E-state index >= 15 is 0 Å². The molecule has 264 valence electrons. The van der Waals surface area contributed by atoms with Crippen molar-refractivity contribution in [2.45, 2.75) is 108 Å². The van der Waals surface area contributed by atoms with E-state index in [1.54, 1.807) is 9.80 Å². The van der Waals surface area contributed by atoms with E-state index in [0.717, 1.165) is 60.4 Å². The van der Waals surface area contributed by atoms with Gasteiger partial charge in [-0.2, -0.15) is 0 Å². The van der Waals surface area contributed by atoms with Crippen LogP contribution in [-0.2, 0) is 27.2 Å². The Morgan fingerprint density at radius 2 is 1.88 bits per heavy atom. The SMILES string of the molecule is CCOc1ccc2c(c1)CC(NCCCCO)C(=O)N2c1ccc(CC[C@H]2O[C@@H](CC(=O)N3CCC[C@H]3CO)[C@H]([Si](C)(C)O)[C@H]2C)cc1. The predicted octanol–water partition coefficient (Wildman–Crippen LogP) is 4.31. The molecule has 2 saturated heterocycles. The topological polar surface area (TPSA) is 132 Å². The van der Waals surface area contributed by atoms with E-state index in [4.69, 9.17) is 9.47 Å². The zero-order chi connectivity index (χ0) is 34.4. The fourth-order valence-electron chi connectivity index (χ4n) is 8.09. The molecule has 1 unspecified atom stereocenters. The molecular weight excluding hydrogens is 627 g/mol. The van der Waals surface area contributed by atoms with E-state index in [2.05, 4.69) is 24.4 Å². The fourth-order valence-corrected chi connectivity index (χ4v) is 10.7. The lowest BCUT2D eigenvalue weighted by Crippen LogP contribution is -2.49. The van der Waals surface area contributed by atoms with Gasteiger partial charge in [0, 0.05) is 24.4 Å². The summed E-state index contributed by atoms with van der Waals surface area (Å²) in [5, 5.41) is 22.3. The van der Waals surface area contributed by atoms with Crippen molar-refractivity contribution in [2.24, 2.45) is 5.92 Å². The molecule has 2 amide bonds. The van der Waals surface area contributed by atoms with Crippen LogP contribution in [0.5, 0.6) is 5.75 Å². The number of nitrogens with zero attached hydrogens (tertiary/aromatic N) is 2. The van der Waals surface area contributed by atoms with Gasteiger partial charge in [-0.1, -0.05) is 19.1 Å². The molecule has 10 nitrogen and oxygen atoms in total. The zero-order valence-corrected chi connectivity index (χ0v) is 30.1. The van der Waals surface area contributed by atoms with Gasteiger partial charge < -0.3 is 34.7 Å². The van der Waals surface area contributed by atoms with Crippen molar-refractivity contribution in [1.29, 1.82) is 0 Å². The molecule has 5 rings (SSSR count). The number of rotatable bonds is 15. The Morgan fingerprint density at radius 1 is 1.10 bits per heavy atom. The van der Waals surface area contributed by atoms with Gasteiger partial charge in [0.2, 0.25) is 11.8 Å². The first kappa shape index (κ1) is 36.5. The first-order valence-corrected chi connectivity index (χ1v) is 20.9. The molecule has 0 aliphatic carbocycles. The largest absolute Gasteiger partial charge is 0.494 e. The Bertz CT molecular complexity index is 1380. The minimum Gasteiger partial charge on any atom is -0.494 e. The minimum atomic E-state index is -2.63. The van der Waals surface area contributed by atoms with Crippen LogP contribution in [0, 0.1) is 5.92 Å². The van der Waals surface area contributed by atoms with E-state index in [1.807, 2.05) is 50.3 Å². The smallest absolute Gasteiger partial charge is 0.249 e. The van der Waals surface area contributed by atoms with Gasteiger partial charge >= 0.3 is 0 Å². The maximum atomic E-state index is 13.8. The lowest BCUT2D eigenvalue weighted by atomic mass is 9.94. The number of nitrogens with one attached hydrogen (secondary N) is 1. The number of aryl methyl sites for hydroxylation is 1. The number of hydrogen-bond acceptors (Lipinski definition) is 8. The lowest BCUT2D eigenvalue weighted by molar-refractivity contribution is -0.135. The summed E-state index contributed by atoms with van der Waals surface area (Å²) in [5.74, 6) is 0.911. The molecule has 3 aliphatic heterocycles. The molecule has 4 N–H and O–H groups in total. The fraction of sp³-hybridized carbons (Fsp3) is 0.622. The number of unbranched alkanes of at least 4 members (excludes halogenated alkanes) is 1. The average molecular weight is 682 g/mol. The number of amides is 2. The van der Waals surface area contributed by atoms with Gasteiger partial charge in [0.05, 0.1) is 49.6 Å². The van der Waals surface area contributed by atoms with E-state index in [-0.39, 0.29) is 67.2 Å². The van der Waals surface area contributed by atoms with Gasteiger partial charge in [-0.25, -0.2) is 0 Å². The molecule has 2 aromatic rings. The molecular formula is C37H55N3O7Si. The van der Waals surface area contributed by atoms with E-state index in [0.29, 0.717) is 32.5 Å². The normalized spacial score (nSPS) is 25.9.